The Kier molecular flexibility index (Phi) is 5.29. The van der Waals surface area contributed by atoms with E-state index in [9.17, 15) is 14.7 Å². The zero-order valence-corrected chi connectivity index (χ0v) is 13.3. The SMILES string of the molecule is CCCOc1ccc(NC(=O)CC2(C(=O)O)CCC2)cc1Cl. The number of ether oxygens (including phenoxy) is 1. The number of carbonyl (C=O) groups is 2. The van der Waals surface area contributed by atoms with Crippen LogP contribution in [0.2, 0.25) is 5.02 Å². The van der Waals surface area contributed by atoms with Crippen molar-refractivity contribution in [2.24, 2.45) is 5.41 Å². The van der Waals surface area contributed by atoms with Crippen molar-refractivity contribution in [1.29, 1.82) is 0 Å². The number of halogens is 1. The third-order valence-corrected chi connectivity index (χ3v) is 4.24. The predicted octanol–water partition coefficient (Wildman–Crippen LogP) is 3.71. The number of hydrogen-bond acceptors (Lipinski definition) is 3. The fourth-order valence-corrected chi connectivity index (χ4v) is 2.73. The quantitative estimate of drug-likeness (QED) is 0.801. The highest BCUT2D eigenvalue weighted by Gasteiger charge is 2.45. The Morgan fingerprint density at radius 1 is 1.41 bits per heavy atom. The lowest BCUT2D eigenvalue weighted by Gasteiger charge is -2.36. The van der Waals surface area contributed by atoms with Gasteiger partial charge < -0.3 is 15.2 Å². The number of anilines is 1. The molecule has 1 saturated carbocycles. The second-order valence-electron chi connectivity index (χ2n) is 5.66. The van der Waals surface area contributed by atoms with Crippen LogP contribution in [0, 0.1) is 5.41 Å². The first kappa shape index (κ1) is 16.6. The van der Waals surface area contributed by atoms with Crippen molar-refractivity contribution in [3.8, 4) is 5.75 Å². The maximum atomic E-state index is 12.0. The van der Waals surface area contributed by atoms with Gasteiger partial charge in [-0.3, -0.25) is 9.59 Å². The van der Waals surface area contributed by atoms with E-state index in [1.54, 1.807) is 18.2 Å². The summed E-state index contributed by atoms with van der Waals surface area (Å²) < 4.78 is 5.46. The zero-order chi connectivity index (χ0) is 16.2. The van der Waals surface area contributed by atoms with Crippen molar-refractivity contribution < 1.29 is 19.4 Å². The fraction of sp³-hybridized carbons (Fsp3) is 0.500. The number of benzene rings is 1. The average molecular weight is 326 g/mol. The van der Waals surface area contributed by atoms with Crippen LogP contribution >= 0.6 is 11.6 Å². The van der Waals surface area contributed by atoms with Gasteiger partial charge in [-0.05, 0) is 37.5 Å². The third-order valence-electron chi connectivity index (χ3n) is 3.94. The third kappa shape index (κ3) is 3.71. The lowest BCUT2D eigenvalue weighted by Crippen LogP contribution is -2.41. The molecule has 0 aliphatic heterocycles. The van der Waals surface area contributed by atoms with E-state index in [0.29, 0.717) is 35.9 Å². The van der Waals surface area contributed by atoms with Crippen LogP contribution < -0.4 is 10.1 Å². The molecular formula is C16H20ClNO4. The minimum Gasteiger partial charge on any atom is -0.492 e. The molecule has 0 heterocycles. The summed E-state index contributed by atoms with van der Waals surface area (Å²) in [5, 5.41) is 12.4. The number of amides is 1. The van der Waals surface area contributed by atoms with Crippen LogP contribution in [0.25, 0.3) is 0 Å². The summed E-state index contributed by atoms with van der Waals surface area (Å²) in [7, 11) is 0. The molecule has 6 heteroatoms. The Morgan fingerprint density at radius 2 is 2.14 bits per heavy atom. The van der Waals surface area contributed by atoms with Gasteiger partial charge in [0.05, 0.1) is 17.0 Å². The second kappa shape index (κ2) is 7.01. The number of carbonyl (C=O) groups excluding carboxylic acids is 1. The Hall–Kier alpha value is -1.75. The molecule has 0 atom stereocenters. The summed E-state index contributed by atoms with van der Waals surface area (Å²) >= 11 is 6.10. The van der Waals surface area contributed by atoms with E-state index in [2.05, 4.69) is 5.32 Å². The molecule has 1 aliphatic carbocycles. The summed E-state index contributed by atoms with van der Waals surface area (Å²) in [6, 6.07) is 5.01. The van der Waals surface area contributed by atoms with E-state index < -0.39 is 11.4 Å². The number of carboxylic acids is 1. The summed E-state index contributed by atoms with van der Waals surface area (Å²) in [6.45, 7) is 2.58. The Labute approximate surface area is 134 Å². The Bertz CT molecular complexity index is 569. The van der Waals surface area contributed by atoms with E-state index >= 15 is 0 Å². The zero-order valence-electron chi connectivity index (χ0n) is 12.5. The van der Waals surface area contributed by atoms with Crippen molar-refractivity contribution in [2.45, 2.75) is 39.0 Å². The van der Waals surface area contributed by atoms with Gasteiger partial charge in [0.1, 0.15) is 5.75 Å². The minimum atomic E-state index is -0.893. The molecule has 1 fully saturated rings. The number of aliphatic carboxylic acids is 1. The van der Waals surface area contributed by atoms with E-state index in [1.807, 2.05) is 6.92 Å². The molecule has 0 bridgehead atoms. The monoisotopic (exact) mass is 325 g/mol. The molecule has 0 saturated heterocycles. The van der Waals surface area contributed by atoms with Crippen molar-refractivity contribution >= 4 is 29.2 Å². The van der Waals surface area contributed by atoms with E-state index in [4.69, 9.17) is 16.3 Å². The number of nitrogens with one attached hydrogen (secondary N) is 1. The number of hydrogen-bond donors (Lipinski definition) is 2. The van der Waals surface area contributed by atoms with Gasteiger partial charge in [-0.25, -0.2) is 0 Å². The molecule has 1 aromatic carbocycles. The fourth-order valence-electron chi connectivity index (χ4n) is 2.49. The van der Waals surface area contributed by atoms with Crippen LogP contribution in [-0.2, 0) is 9.59 Å². The predicted molar refractivity (Wildman–Crippen MR) is 84.4 cm³/mol. The molecule has 0 radical (unpaired) electrons. The Morgan fingerprint density at radius 3 is 2.64 bits per heavy atom. The molecular weight excluding hydrogens is 306 g/mol. The number of carboxylic acid groups (broad SMARTS) is 1. The molecule has 2 N–H and O–H groups in total. The van der Waals surface area contributed by atoms with Gasteiger partial charge in [0, 0.05) is 12.1 Å². The van der Waals surface area contributed by atoms with E-state index in [0.717, 1.165) is 12.8 Å². The highest BCUT2D eigenvalue weighted by Crippen LogP contribution is 2.44. The second-order valence-corrected chi connectivity index (χ2v) is 6.06. The molecule has 1 aliphatic rings. The van der Waals surface area contributed by atoms with Gasteiger partial charge in [0.15, 0.2) is 0 Å². The van der Waals surface area contributed by atoms with E-state index in [1.165, 1.54) is 0 Å². The maximum Gasteiger partial charge on any atom is 0.310 e. The first-order chi connectivity index (χ1) is 10.5. The highest BCUT2D eigenvalue weighted by atomic mass is 35.5. The normalized spacial score (nSPS) is 15.7. The molecule has 120 valence electrons. The largest absolute Gasteiger partial charge is 0.492 e. The molecule has 0 unspecified atom stereocenters. The van der Waals surface area contributed by atoms with Crippen molar-refractivity contribution in [3.63, 3.8) is 0 Å². The molecule has 0 spiro atoms. The molecule has 5 nitrogen and oxygen atoms in total. The summed E-state index contributed by atoms with van der Waals surface area (Å²) in [5.41, 5.74) is -0.350. The van der Waals surface area contributed by atoms with Gasteiger partial charge in [-0.2, -0.15) is 0 Å². The van der Waals surface area contributed by atoms with Gasteiger partial charge in [-0.1, -0.05) is 24.9 Å². The van der Waals surface area contributed by atoms with Crippen LogP contribution in [0.4, 0.5) is 5.69 Å². The van der Waals surface area contributed by atoms with Gasteiger partial charge in [0.2, 0.25) is 5.91 Å². The maximum absolute atomic E-state index is 12.0. The first-order valence-corrected chi connectivity index (χ1v) is 7.80. The van der Waals surface area contributed by atoms with Crippen molar-refractivity contribution in [2.75, 3.05) is 11.9 Å². The first-order valence-electron chi connectivity index (χ1n) is 7.42. The lowest BCUT2D eigenvalue weighted by molar-refractivity contribution is -0.157. The molecule has 2 rings (SSSR count). The lowest BCUT2D eigenvalue weighted by atomic mass is 9.66. The topological polar surface area (TPSA) is 75.6 Å². The van der Waals surface area contributed by atoms with Crippen molar-refractivity contribution in [3.05, 3.63) is 23.2 Å². The van der Waals surface area contributed by atoms with Crippen molar-refractivity contribution in [1.82, 2.24) is 0 Å². The minimum absolute atomic E-state index is 0.00591. The van der Waals surface area contributed by atoms with Gasteiger partial charge >= 0.3 is 5.97 Å². The number of rotatable bonds is 7. The summed E-state index contributed by atoms with van der Waals surface area (Å²) in [4.78, 5) is 23.3. The highest BCUT2D eigenvalue weighted by molar-refractivity contribution is 6.32. The van der Waals surface area contributed by atoms with Crippen LogP contribution in [0.15, 0.2) is 18.2 Å². The van der Waals surface area contributed by atoms with Gasteiger partial charge in [0.25, 0.3) is 0 Å². The molecule has 22 heavy (non-hydrogen) atoms. The summed E-state index contributed by atoms with van der Waals surface area (Å²) in [6.07, 6.45) is 2.84. The average Bonchev–Trinajstić information content (AvgIpc) is 2.41. The molecule has 0 aromatic heterocycles. The summed E-state index contributed by atoms with van der Waals surface area (Å²) in [5.74, 6) is -0.627. The van der Waals surface area contributed by atoms with Crippen LogP contribution in [0.3, 0.4) is 0 Å². The van der Waals surface area contributed by atoms with Crippen LogP contribution in [0.1, 0.15) is 39.0 Å². The molecule has 1 aromatic rings. The Balaban J connectivity index is 1.97. The van der Waals surface area contributed by atoms with E-state index in [-0.39, 0.29) is 12.3 Å². The molecule has 1 amide bonds. The van der Waals surface area contributed by atoms with Crippen LogP contribution in [-0.4, -0.2) is 23.6 Å². The smallest absolute Gasteiger partial charge is 0.310 e. The standard InChI is InChI=1S/C16H20ClNO4/c1-2-8-22-13-5-4-11(9-12(13)17)18-14(19)10-16(15(20)21)6-3-7-16/h4-5,9H,2-3,6-8,10H2,1H3,(H,18,19)(H,20,21). The van der Waals surface area contributed by atoms with Gasteiger partial charge in [-0.15, -0.1) is 0 Å². The van der Waals surface area contributed by atoms with Crippen LogP contribution in [0.5, 0.6) is 5.75 Å².